The van der Waals surface area contributed by atoms with Gasteiger partial charge >= 0.3 is 5.97 Å². The molecule has 108 valence electrons. The Kier molecular flexibility index (Phi) is 4.01. The Morgan fingerprint density at radius 2 is 2.25 bits per heavy atom. The Hall–Kier alpha value is -0.660. The Bertz CT molecular complexity index is 537. The number of carboxylic acids is 1. The summed E-state index contributed by atoms with van der Waals surface area (Å²) in [4.78, 5) is 25.3. The van der Waals surface area contributed by atoms with Crippen LogP contribution in [0.1, 0.15) is 22.1 Å². The van der Waals surface area contributed by atoms with Crippen molar-refractivity contribution < 1.29 is 14.7 Å². The molecule has 4 nitrogen and oxygen atoms in total. The number of thiophene rings is 1. The SMILES string of the molecule is O=C(NC1(C(=O)O)CCSC1)C1SCCc2sccc21. The molecule has 0 bridgehead atoms. The van der Waals surface area contributed by atoms with Crippen molar-refractivity contribution in [3.05, 3.63) is 21.9 Å². The van der Waals surface area contributed by atoms with E-state index in [-0.39, 0.29) is 11.2 Å². The minimum Gasteiger partial charge on any atom is -0.479 e. The highest BCUT2D eigenvalue weighted by Gasteiger charge is 2.44. The van der Waals surface area contributed by atoms with Gasteiger partial charge in [-0.1, -0.05) is 0 Å². The standard InChI is InChI=1S/C13H15NO3S3/c15-11(14-13(12(16)17)3-6-18-7-13)10-8-1-4-19-9(8)2-5-20-10/h1,4,10H,2-3,5-7H2,(H,14,15)(H,16,17). The average molecular weight is 329 g/mol. The average Bonchev–Trinajstić information content (AvgIpc) is 3.06. The summed E-state index contributed by atoms with van der Waals surface area (Å²) in [5.41, 5.74) is -0.00871. The Labute approximate surface area is 129 Å². The fourth-order valence-electron chi connectivity index (χ4n) is 2.55. The lowest BCUT2D eigenvalue weighted by atomic mass is 9.98. The second-order valence-electron chi connectivity index (χ2n) is 4.98. The van der Waals surface area contributed by atoms with Crippen LogP contribution in [0.3, 0.4) is 0 Å². The van der Waals surface area contributed by atoms with Crippen LogP contribution in [0.2, 0.25) is 0 Å². The van der Waals surface area contributed by atoms with Crippen molar-refractivity contribution in [3.63, 3.8) is 0 Å². The van der Waals surface area contributed by atoms with E-state index in [0.717, 1.165) is 23.5 Å². The van der Waals surface area contributed by atoms with Gasteiger partial charge in [0, 0.05) is 10.6 Å². The number of carbonyl (C=O) groups excluding carboxylic acids is 1. The summed E-state index contributed by atoms with van der Waals surface area (Å²) in [6, 6.07) is 1.99. The van der Waals surface area contributed by atoms with Gasteiger partial charge in [0.05, 0.1) is 0 Å². The maximum atomic E-state index is 12.5. The predicted molar refractivity (Wildman–Crippen MR) is 83.7 cm³/mol. The zero-order chi connectivity index (χ0) is 14.2. The number of fused-ring (bicyclic) bond motifs is 1. The highest BCUT2D eigenvalue weighted by Crippen LogP contribution is 2.40. The minimum atomic E-state index is -1.07. The Morgan fingerprint density at radius 3 is 2.95 bits per heavy atom. The van der Waals surface area contributed by atoms with E-state index in [4.69, 9.17) is 0 Å². The number of aryl methyl sites for hydroxylation is 1. The molecule has 1 aromatic heterocycles. The molecule has 1 aromatic rings. The molecule has 2 N–H and O–H groups in total. The molecule has 2 aliphatic heterocycles. The third-order valence-electron chi connectivity index (χ3n) is 3.71. The topological polar surface area (TPSA) is 66.4 Å². The summed E-state index contributed by atoms with van der Waals surface area (Å²) >= 11 is 4.87. The van der Waals surface area contributed by atoms with Crippen molar-refractivity contribution in [2.75, 3.05) is 17.3 Å². The van der Waals surface area contributed by atoms with E-state index in [1.165, 1.54) is 4.88 Å². The molecule has 3 heterocycles. The van der Waals surface area contributed by atoms with Crippen molar-refractivity contribution in [2.45, 2.75) is 23.6 Å². The summed E-state index contributed by atoms with van der Waals surface area (Å²) in [5, 5.41) is 14.0. The van der Waals surface area contributed by atoms with Crippen molar-refractivity contribution in [1.82, 2.24) is 5.32 Å². The predicted octanol–water partition coefficient (Wildman–Crippen LogP) is 2.16. The Balaban J connectivity index is 1.79. The lowest BCUT2D eigenvalue weighted by Crippen LogP contribution is -2.55. The summed E-state index contributed by atoms with van der Waals surface area (Å²) in [6.07, 6.45) is 1.51. The van der Waals surface area contributed by atoms with Crippen molar-refractivity contribution in [1.29, 1.82) is 0 Å². The van der Waals surface area contributed by atoms with Crippen LogP contribution in [0.25, 0.3) is 0 Å². The molecule has 2 aliphatic rings. The van der Waals surface area contributed by atoms with Gasteiger partial charge in [-0.15, -0.1) is 23.1 Å². The van der Waals surface area contributed by atoms with E-state index in [9.17, 15) is 14.7 Å². The van der Waals surface area contributed by atoms with Gasteiger partial charge in [-0.25, -0.2) is 4.79 Å². The molecule has 0 spiro atoms. The van der Waals surface area contributed by atoms with Gasteiger partial charge in [0.25, 0.3) is 0 Å². The van der Waals surface area contributed by atoms with Gasteiger partial charge in [-0.05, 0) is 41.4 Å². The van der Waals surface area contributed by atoms with Crippen LogP contribution in [-0.4, -0.2) is 39.8 Å². The second kappa shape index (κ2) is 5.61. The molecule has 0 saturated carbocycles. The molecule has 7 heteroatoms. The van der Waals surface area contributed by atoms with Crippen LogP contribution >= 0.6 is 34.9 Å². The lowest BCUT2D eigenvalue weighted by Gasteiger charge is -2.28. The highest BCUT2D eigenvalue weighted by atomic mass is 32.2. The van der Waals surface area contributed by atoms with Gasteiger partial charge in [0.2, 0.25) is 5.91 Å². The van der Waals surface area contributed by atoms with Gasteiger partial charge in [-0.2, -0.15) is 11.8 Å². The van der Waals surface area contributed by atoms with Crippen LogP contribution in [0.4, 0.5) is 0 Å². The maximum absolute atomic E-state index is 12.5. The fourth-order valence-corrected chi connectivity index (χ4v) is 6.17. The van der Waals surface area contributed by atoms with E-state index in [0.29, 0.717) is 12.2 Å². The van der Waals surface area contributed by atoms with E-state index in [1.807, 2.05) is 11.4 Å². The van der Waals surface area contributed by atoms with Crippen LogP contribution in [-0.2, 0) is 16.0 Å². The molecule has 3 rings (SSSR count). The van der Waals surface area contributed by atoms with Crippen LogP contribution in [0.5, 0.6) is 0 Å². The van der Waals surface area contributed by atoms with E-state index >= 15 is 0 Å². The molecule has 1 amide bonds. The van der Waals surface area contributed by atoms with E-state index in [1.54, 1.807) is 34.9 Å². The third-order valence-corrected chi connectivity index (χ3v) is 7.14. The van der Waals surface area contributed by atoms with Gasteiger partial charge in [0.15, 0.2) is 0 Å². The summed E-state index contributed by atoms with van der Waals surface area (Å²) < 4.78 is 0. The molecule has 1 fully saturated rings. The number of carbonyl (C=O) groups is 2. The molecule has 0 aliphatic carbocycles. The first-order chi connectivity index (χ1) is 9.62. The van der Waals surface area contributed by atoms with E-state index in [2.05, 4.69) is 5.32 Å². The van der Waals surface area contributed by atoms with Crippen LogP contribution in [0, 0.1) is 0 Å². The first kappa shape index (κ1) is 14.3. The minimum absolute atomic E-state index is 0.153. The summed E-state index contributed by atoms with van der Waals surface area (Å²) in [5.74, 6) is 1.10. The number of hydrogen-bond acceptors (Lipinski definition) is 5. The molecule has 0 radical (unpaired) electrons. The van der Waals surface area contributed by atoms with Crippen LogP contribution < -0.4 is 5.32 Å². The first-order valence-electron chi connectivity index (χ1n) is 6.43. The number of nitrogens with one attached hydrogen (secondary N) is 1. The molecular formula is C13H15NO3S3. The normalized spacial score (nSPS) is 28.9. The first-order valence-corrected chi connectivity index (χ1v) is 9.52. The molecule has 20 heavy (non-hydrogen) atoms. The maximum Gasteiger partial charge on any atom is 0.330 e. The van der Waals surface area contributed by atoms with Gasteiger partial charge in [-0.3, -0.25) is 4.79 Å². The van der Waals surface area contributed by atoms with E-state index < -0.39 is 11.5 Å². The number of aliphatic carboxylic acids is 1. The van der Waals surface area contributed by atoms with Crippen molar-refractivity contribution in [2.24, 2.45) is 0 Å². The zero-order valence-corrected chi connectivity index (χ0v) is 13.2. The smallest absolute Gasteiger partial charge is 0.330 e. The van der Waals surface area contributed by atoms with Crippen molar-refractivity contribution in [3.8, 4) is 0 Å². The monoisotopic (exact) mass is 329 g/mol. The molecule has 2 unspecified atom stereocenters. The number of carboxylic acid groups (broad SMARTS) is 1. The molecule has 1 saturated heterocycles. The fraction of sp³-hybridized carbons (Fsp3) is 0.538. The molecular weight excluding hydrogens is 314 g/mol. The summed E-state index contributed by atoms with van der Waals surface area (Å²) in [7, 11) is 0. The number of rotatable bonds is 3. The molecule has 0 aromatic carbocycles. The third kappa shape index (κ3) is 2.46. The largest absolute Gasteiger partial charge is 0.479 e. The lowest BCUT2D eigenvalue weighted by molar-refractivity contribution is -0.146. The quantitative estimate of drug-likeness (QED) is 0.889. The summed E-state index contributed by atoms with van der Waals surface area (Å²) in [6.45, 7) is 0. The number of amides is 1. The highest BCUT2D eigenvalue weighted by molar-refractivity contribution is 8.00. The second-order valence-corrected chi connectivity index (χ2v) is 8.30. The van der Waals surface area contributed by atoms with Gasteiger partial charge < -0.3 is 10.4 Å². The van der Waals surface area contributed by atoms with Crippen LogP contribution in [0.15, 0.2) is 11.4 Å². The Morgan fingerprint density at radius 1 is 1.40 bits per heavy atom. The molecule has 2 atom stereocenters. The number of thioether (sulfide) groups is 2. The number of hydrogen-bond donors (Lipinski definition) is 2. The van der Waals surface area contributed by atoms with Gasteiger partial charge in [0.1, 0.15) is 10.8 Å². The zero-order valence-electron chi connectivity index (χ0n) is 10.8. The van der Waals surface area contributed by atoms with Crippen molar-refractivity contribution >= 4 is 46.7 Å².